The van der Waals surface area contributed by atoms with Gasteiger partial charge in [-0.15, -0.1) is 11.3 Å². The highest BCUT2D eigenvalue weighted by molar-refractivity contribution is 7.91. The molecular weight excluding hydrogens is 390 g/mol. The normalized spacial score (nSPS) is 13.4. The molecule has 0 fully saturated rings. The number of rotatable bonds is 5. The zero-order chi connectivity index (χ0) is 19.7. The first kappa shape index (κ1) is 18.8. The SMILES string of the molecule is COc1ccc(C)cc1S(=O)(=O)c1ccc(CN2C=Cc3ccsc3C2)cc1. The van der Waals surface area contributed by atoms with Crippen molar-refractivity contribution in [3.05, 3.63) is 81.7 Å². The number of hydrogen-bond acceptors (Lipinski definition) is 5. The number of hydrogen-bond donors (Lipinski definition) is 0. The summed E-state index contributed by atoms with van der Waals surface area (Å²) in [6, 6.07) is 14.4. The molecule has 0 amide bonds. The van der Waals surface area contributed by atoms with E-state index in [1.165, 1.54) is 17.6 Å². The maximum Gasteiger partial charge on any atom is 0.210 e. The summed E-state index contributed by atoms with van der Waals surface area (Å²) in [7, 11) is -2.15. The Bertz CT molecular complexity index is 1130. The zero-order valence-corrected chi connectivity index (χ0v) is 17.4. The summed E-state index contributed by atoms with van der Waals surface area (Å²) < 4.78 is 31.4. The molecule has 144 valence electrons. The molecule has 0 aliphatic carbocycles. The van der Waals surface area contributed by atoms with Crippen LogP contribution in [0.3, 0.4) is 0 Å². The zero-order valence-electron chi connectivity index (χ0n) is 15.8. The van der Waals surface area contributed by atoms with Crippen molar-refractivity contribution < 1.29 is 13.2 Å². The average molecular weight is 412 g/mol. The predicted octanol–water partition coefficient (Wildman–Crippen LogP) is 4.88. The number of nitrogens with zero attached hydrogens (tertiary/aromatic N) is 1. The fourth-order valence-electron chi connectivity index (χ4n) is 3.29. The smallest absolute Gasteiger partial charge is 0.210 e. The highest BCUT2D eigenvalue weighted by Crippen LogP contribution is 2.31. The van der Waals surface area contributed by atoms with Gasteiger partial charge < -0.3 is 9.64 Å². The minimum Gasteiger partial charge on any atom is -0.495 e. The van der Waals surface area contributed by atoms with Crippen LogP contribution in [0.25, 0.3) is 6.08 Å². The summed E-state index contributed by atoms with van der Waals surface area (Å²) in [6.45, 7) is 3.48. The number of benzene rings is 2. The second-order valence-corrected chi connectivity index (χ2v) is 9.74. The lowest BCUT2D eigenvalue weighted by Crippen LogP contribution is -2.18. The van der Waals surface area contributed by atoms with E-state index < -0.39 is 9.84 Å². The number of sulfone groups is 1. The Labute approximate surface area is 169 Å². The van der Waals surface area contributed by atoms with Crippen LogP contribution >= 0.6 is 11.3 Å². The van der Waals surface area contributed by atoms with E-state index in [2.05, 4.69) is 28.6 Å². The molecule has 1 aromatic heterocycles. The lowest BCUT2D eigenvalue weighted by atomic mass is 10.1. The molecule has 4 nitrogen and oxygen atoms in total. The highest BCUT2D eigenvalue weighted by atomic mass is 32.2. The Hall–Kier alpha value is -2.57. The van der Waals surface area contributed by atoms with Gasteiger partial charge in [0, 0.05) is 17.6 Å². The average Bonchev–Trinajstić information content (AvgIpc) is 3.16. The van der Waals surface area contributed by atoms with Gasteiger partial charge in [-0.3, -0.25) is 0 Å². The van der Waals surface area contributed by atoms with Crippen LogP contribution in [0.5, 0.6) is 5.75 Å². The summed E-state index contributed by atoms with van der Waals surface area (Å²) in [5.41, 5.74) is 3.23. The van der Waals surface area contributed by atoms with Crippen LogP contribution in [0.15, 0.2) is 69.9 Å². The molecule has 1 aliphatic heterocycles. The molecule has 3 aromatic rings. The third-order valence-corrected chi connectivity index (χ3v) is 7.53. The van der Waals surface area contributed by atoms with Gasteiger partial charge in [0.2, 0.25) is 9.84 Å². The van der Waals surface area contributed by atoms with Crippen LogP contribution in [-0.2, 0) is 22.9 Å². The molecule has 2 heterocycles. The Morgan fingerprint density at radius 2 is 1.89 bits per heavy atom. The third kappa shape index (κ3) is 3.57. The number of aryl methyl sites for hydroxylation is 1. The standard InChI is InChI=1S/C22H21NO3S2/c1-16-3-8-20(26-2)22(13-16)28(24,25)19-6-4-17(5-7-19)14-23-11-9-18-10-12-27-21(18)15-23/h3-13H,14-15H2,1-2H3. The fourth-order valence-corrected chi connectivity index (χ4v) is 5.69. The Morgan fingerprint density at radius 1 is 1.11 bits per heavy atom. The topological polar surface area (TPSA) is 46.6 Å². The van der Waals surface area contributed by atoms with Crippen molar-refractivity contribution in [3.8, 4) is 5.75 Å². The Kier molecular flexibility index (Phi) is 5.00. The van der Waals surface area contributed by atoms with Crippen molar-refractivity contribution in [2.45, 2.75) is 29.8 Å². The van der Waals surface area contributed by atoms with Gasteiger partial charge in [-0.05, 0) is 65.4 Å². The molecular formula is C22H21NO3S2. The van der Waals surface area contributed by atoms with Crippen molar-refractivity contribution >= 4 is 27.3 Å². The van der Waals surface area contributed by atoms with E-state index in [0.29, 0.717) is 5.75 Å². The molecule has 6 heteroatoms. The Balaban J connectivity index is 1.56. The van der Waals surface area contributed by atoms with Crippen LogP contribution < -0.4 is 4.74 Å². The first-order valence-corrected chi connectivity index (χ1v) is 11.3. The highest BCUT2D eigenvalue weighted by Gasteiger charge is 2.22. The van der Waals surface area contributed by atoms with E-state index in [9.17, 15) is 8.42 Å². The lowest BCUT2D eigenvalue weighted by Gasteiger charge is -2.23. The van der Waals surface area contributed by atoms with Gasteiger partial charge >= 0.3 is 0 Å². The van der Waals surface area contributed by atoms with Gasteiger partial charge in [0.15, 0.2) is 0 Å². The van der Waals surface area contributed by atoms with E-state index in [-0.39, 0.29) is 9.79 Å². The summed E-state index contributed by atoms with van der Waals surface area (Å²) in [5, 5.41) is 2.11. The predicted molar refractivity (Wildman–Crippen MR) is 112 cm³/mol. The lowest BCUT2D eigenvalue weighted by molar-refractivity contribution is 0.363. The summed E-state index contributed by atoms with van der Waals surface area (Å²) in [4.78, 5) is 4.06. The molecule has 28 heavy (non-hydrogen) atoms. The van der Waals surface area contributed by atoms with E-state index >= 15 is 0 Å². The molecule has 0 radical (unpaired) electrons. The third-order valence-electron chi connectivity index (χ3n) is 4.82. The second kappa shape index (κ2) is 7.45. The first-order chi connectivity index (χ1) is 13.5. The van der Waals surface area contributed by atoms with E-state index in [1.54, 1.807) is 35.6 Å². The molecule has 0 bridgehead atoms. The first-order valence-electron chi connectivity index (χ1n) is 8.94. The van der Waals surface area contributed by atoms with Gasteiger partial charge in [0.05, 0.1) is 18.6 Å². The van der Waals surface area contributed by atoms with Crippen molar-refractivity contribution in [1.29, 1.82) is 0 Å². The van der Waals surface area contributed by atoms with E-state index in [0.717, 1.165) is 24.2 Å². The van der Waals surface area contributed by atoms with E-state index in [4.69, 9.17) is 4.74 Å². The largest absolute Gasteiger partial charge is 0.495 e. The summed E-state index contributed by atoms with van der Waals surface area (Å²) in [5.74, 6) is 0.361. The molecule has 0 unspecified atom stereocenters. The summed E-state index contributed by atoms with van der Waals surface area (Å²) >= 11 is 1.76. The number of ether oxygens (including phenoxy) is 1. The van der Waals surface area contributed by atoms with Gasteiger partial charge in [0.25, 0.3) is 0 Å². The summed E-state index contributed by atoms with van der Waals surface area (Å²) in [6.07, 6.45) is 4.22. The van der Waals surface area contributed by atoms with Gasteiger partial charge in [-0.1, -0.05) is 18.2 Å². The maximum absolute atomic E-state index is 13.1. The molecule has 4 rings (SSSR count). The van der Waals surface area contributed by atoms with E-state index in [1.807, 2.05) is 25.1 Å². The van der Waals surface area contributed by atoms with Crippen LogP contribution in [0.1, 0.15) is 21.6 Å². The quantitative estimate of drug-likeness (QED) is 0.600. The van der Waals surface area contributed by atoms with Crippen LogP contribution in [0, 0.1) is 6.92 Å². The van der Waals surface area contributed by atoms with Crippen LogP contribution in [0.2, 0.25) is 0 Å². The van der Waals surface area contributed by atoms with Crippen LogP contribution in [0.4, 0.5) is 0 Å². The van der Waals surface area contributed by atoms with Crippen molar-refractivity contribution in [1.82, 2.24) is 4.90 Å². The molecule has 0 atom stereocenters. The molecule has 0 N–H and O–H groups in total. The molecule has 0 saturated carbocycles. The number of methoxy groups -OCH3 is 1. The van der Waals surface area contributed by atoms with Crippen molar-refractivity contribution in [2.24, 2.45) is 0 Å². The number of thiophene rings is 1. The maximum atomic E-state index is 13.1. The minimum atomic E-state index is -3.64. The molecule has 0 spiro atoms. The number of fused-ring (bicyclic) bond motifs is 1. The minimum absolute atomic E-state index is 0.201. The van der Waals surface area contributed by atoms with Gasteiger partial charge in [-0.2, -0.15) is 0 Å². The molecule has 2 aromatic carbocycles. The second-order valence-electron chi connectivity index (χ2n) is 6.82. The molecule has 0 saturated heterocycles. The van der Waals surface area contributed by atoms with Crippen molar-refractivity contribution in [2.75, 3.05) is 7.11 Å². The van der Waals surface area contributed by atoms with Gasteiger partial charge in [-0.25, -0.2) is 8.42 Å². The van der Waals surface area contributed by atoms with Crippen LogP contribution in [-0.4, -0.2) is 20.4 Å². The Morgan fingerprint density at radius 3 is 2.64 bits per heavy atom. The van der Waals surface area contributed by atoms with Gasteiger partial charge in [0.1, 0.15) is 10.6 Å². The fraction of sp³-hybridized carbons (Fsp3) is 0.182. The van der Waals surface area contributed by atoms with Crippen molar-refractivity contribution in [3.63, 3.8) is 0 Å². The monoisotopic (exact) mass is 411 g/mol. The molecule has 1 aliphatic rings.